The van der Waals surface area contributed by atoms with Crippen LogP contribution in [0.25, 0.3) is 11.4 Å². The normalized spacial score (nSPS) is 17.7. The van der Waals surface area contributed by atoms with Gasteiger partial charge in [0.05, 0.1) is 28.5 Å². The van der Waals surface area contributed by atoms with Gasteiger partial charge in [-0.2, -0.15) is 0 Å². The summed E-state index contributed by atoms with van der Waals surface area (Å²) < 4.78 is 50.9. The zero-order valence-corrected chi connectivity index (χ0v) is 17.2. The topological polar surface area (TPSA) is 106 Å². The van der Waals surface area contributed by atoms with Crippen LogP contribution in [0.2, 0.25) is 0 Å². The van der Waals surface area contributed by atoms with Crippen LogP contribution >= 0.6 is 11.8 Å². The molecule has 1 atom stereocenters. The largest absolute Gasteiger partial charge is 0.255 e. The monoisotopic (exact) mass is 425 g/mol. The summed E-state index contributed by atoms with van der Waals surface area (Å²) in [6.45, 7) is 1.78. The van der Waals surface area contributed by atoms with E-state index in [0.717, 1.165) is 11.2 Å². The number of pyridine rings is 2. The van der Waals surface area contributed by atoms with Gasteiger partial charge < -0.3 is 0 Å². The predicted octanol–water partition coefficient (Wildman–Crippen LogP) is 2.33. The van der Waals surface area contributed by atoms with Crippen molar-refractivity contribution in [2.24, 2.45) is 0 Å². The molecular weight excluding hydrogens is 406 g/mol. The van der Waals surface area contributed by atoms with Gasteiger partial charge in [-0.05, 0) is 42.5 Å². The summed E-state index contributed by atoms with van der Waals surface area (Å²) in [4.78, 5) is 9.62. The summed E-state index contributed by atoms with van der Waals surface area (Å²) in [7, 11) is -7.05. The maximum absolute atomic E-state index is 12.5. The second kappa shape index (κ2) is 7.70. The quantitative estimate of drug-likeness (QED) is 0.757. The van der Waals surface area contributed by atoms with Crippen LogP contribution in [0.3, 0.4) is 0 Å². The van der Waals surface area contributed by atoms with Crippen LogP contribution in [0, 0.1) is 0 Å². The van der Waals surface area contributed by atoms with E-state index in [1.807, 2.05) is 13.0 Å². The summed E-state index contributed by atoms with van der Waals surface area (Å²) in [5.41, 5.74) is 1.20. The van der Waals surface area contributed by atoms with Crippen LogP contribution in [-0.2, 0) is 26.4 Å². The van der Waals surface area contributed by atoms with Crippen molar-refractivity contribution >= 4 is 31.6 Å². The second-order valence-corrected chi connectivity index (χ2v) is 11.8. The maximum Gasteiger partial charge on any atom is 0.224 e. The first-order chi connectivity index (χ1) is 12.6. The molecule has 0 fully saturated rings. The van der Waals surface area contributed by atoms with E-state index in [-0.39, 0.29) is 11.4 Å². The molecule has 1 N–H and O–H groups in total. The molecular formula is C17H19N3O4S3. The van der Waals surface area contributed by atoms with E-state index in [0.29, 0.717) is 23.5 Å². The Morgan fingerprint density at radius 1 is 1.19 bits per heavy atom. The van der Waals surface area contributed by atoms with Crippen LogP contribution in [0.5, 0.6) is 0 Å². The Labute approximate surface area is 163 Å². The van der Waals surface area contributed by atoms with E-state index < -0.39 is 24.4 Å². The summed E-state index contributed by atoms with van der Waals surface area (Å²) in [6.07, 6.45) is 5.01. The number of sulfone groups is 1. The van der Waals surface area contributed by atoms with Gasteiger partial charge in [0, 0.05) is 12.5 Å². The molecule has 2 aromatic rings. The number of sulfonamides is 1. The number of hydrogen-bond donors (Lipinski definition) is 1. The van der Waals surface area contributed by atoms with Crippen molar-refractivity contribution < 1.29 is 16.8 Å². The molecule has 10 heteroatoms. The number of thioether (sulfide) groups is 1. The molecule has 0 amide bonds. The van der Waals surface area contributed by atoms with Gasteiger partial charge in [-0.25, -0.2) is 26.5 Å². The van der Waals surface area contributed by atoms with Gasteiger partial charge in [-0.15, -0.1) is 11.8 Å². The van der Waals surface area contributed by atoms with Gasteiger partial charge in [0.2, 0.25) is 10.0 Å². The molecule has 1 unspecified atom stereocenters. The van der Waals surface area contributed by atoms with Crippen LogP contribution in [0.1, 0.15) is 19.0 Å². The summed E-state index contributed by atoms with van der Waals surface area (Å²) in [5.74, 6) is 0. The van der Waals surface area contributed by atoms with E-state index >= 15 is 0 Å². The van der Waals surface area contributed by atoms with Gasteiger partial charge in [0.25, 0.3) is 0 Å². The first-order valence-corrected chi connectivity index (χ1v) is 12.4. The Hall–Kier alpha value is -1.75. The van der Waals surface area contributed by atoms with Crippen molar-refractivity contribution in [3.8, 4) is 11.4 Å². The minimum absolute atomic E-state index is 0.0695. The molecule has 0 radical (unpaired) electrons. The zero-order valence-electron chi connectivity index (χ0n) is 14.8. The van der Waals surface area contributed by atoms with E-state index in [4.69, 9.17) is 0 Å². The maximum atomic E-state index is 12.5. The average molecular weight is 426 g/mol. The van der Waals surface area contributed by atoms with Crippen molar-refractivity contribution in [1.82, 2.24) is 14.7 Å². The molecule has 0 saturated heterocycles. The third-order valence-corrected chi connectivity index (χ3v) is 8.49. The standard InChI is InChI=1S/C17H19N3O4S3/c1-12-6-7-17(25-12)27(23,24)19-11-13-9-14(26(2,21)22)10-16(20-13)15-5-3-4-8-18-15/h3-6,8-10,17,19H,7,11H2,1-2H3. The molecule has 27 heavy (non-hydrogen) atoms. The molecule has 1 aliphatic heterocycles. The van der Waals surface area contributed by atoms with Gasteiger partial charge in [0.1, 0.15) is 4.58 Å². The van der Waals surface area contributed by atoms with Gasteiger partial charge >= 0.3 is 0 Å². The van der Waals surface area contributed by atoms with Crippen LogP contribution < -0.4 is 4.72 Å². The fourth-order valence-electron chi connectivity index (χ4n) is 2.53. The Morgan fingerprint density at radius 2 is 1.96 bits per heavy atom. The SMILES string of the molecule is CC1=CCC(S(=O)(=O)NCc2cc(S(C)(=O)=O)cc(-c3ccccn3)n2)S1. The van der Waals surface area contributed by atoms with Crippen molar-refractivity contribution in [2.45, 2.75) is 29.4 Å². The Morgan fingerprint density at radius 3 is 2.56 bits per heavy atom. The van der Waals surface area contributed by atoms with Gasteiger partial charge in [-0.1, -0.05) is 12.1 Å². The highest BCUT2D eigenvalue weighted by atomic mass is 32.3. The van der Waals surface area contributed by atoms with Crippen LogP contribution in [0.4, 0.5) is 0 Å². The fourth-order valence-corrected chi connectivity index (χ4v) is 6.06. The minimum Gasteiger partial charge on any atom is -0.255 e. The highest BCUT2D eigenvalue weighted by molar-refractivity contribution is 8.15. The fraction of sp³-hybridized carbons (Fsp3) is 0.294. The lowest BCUT2D eigenvalue weighted by molar-refractivity contribution is 0.577. The molecule has 2 aromatic heterocycles. The highest BCUT2D eigenvalue weighted by Crippen LogP contribution is 2.34. The number of hydrogen-bond acceptors (Lipinski definition) is 7. The molecule has 0 spiro atoms. The number of aromatic nitrogens is 2. The third-order valence-electron chi connectivity index (χ3n) is 3.92. The molecule has 0 aliphatic carbocycles. The smallest absolute Gasteiger partial charge is 0.224 e. The minimum atomic E-state index is -3.56. The molecule has 144 valence electrons. The molecule has 0 bridgehead atoms. The lowest BCUT2D eigenvalue weighted by Gasteiger charge is -2.13. The molecule has 0 aromatic carbocycles. The predicted molar refractivity (Wildman–Crippen MR) is 106 cm³/mol. The van der Waals surface area contributed by atoms with Crippen molar-refractivity contribution in [2.75, 3.05) is 6.26 Å². The molecule has 3 heterocycles. The van der Waals surface area contributed by atoms with Crippen LogP contribution in [-0.4, -0.2) is 37.6 Å². The summed E-state index contributed by atoms with van der Waals surface area (Å²) >= 11 is 1.30. The van der Waals surface area contributed by atoms with Crippen molar-refractivity contribution in [3.05, 3.63) is 53.2 Å². The number of nitrogens with zero attached hydrogens (tertiary/aromatic N) is 2. The van der Waals surface area contributed by atoms with E-state index in [1.54, 1.807) is 24.4 Å². The Kier molecular flexibility index (Phi) is 5.71. The lowest BCUT2D eigenvalue weighted by Crippen LogP contribution is -2.31. The molecule has 0 saturated carbocycles. The van der Waals surface area contributed by atoms with E-state index in [9.17, 15) is 16.8 Å². The summed E-state index contributed by atoms with van der Waals surface area (Å²) in [6, 6.07) is 8.05. The first kappa shape index (κ1) is 20.0. The first-order valence-electron chi connectivity index (χ1n) is 8.09. The van der Waals surface area contributed by atoms with Gasteiger partial charge in [0.15, 0.2) is 9.84 Å². The van der Waals surface area contributed by atoms with Crippen molar-refractivity contribution in [1.29, 1.82) is 0 Å². The van der Waals surface area contributed by atoms with Crippen molar-refractivity contribution in [3.63, 3.8) is 0 Å². The Bertz CT molecular complexity index is 1080. The summed E-state index contributed by atoms with van der Waals surface area (Å²) in [5, 5.41) is 0. The lowest BCUT2D eigenvalue weighted by atomic mass is 10.2. The number of allylic oxidation sites excluding steroid dienone is 2. The molecule has 3 rings (SSSR count). The molecule has 7 nitrogen and oxygen atoms in total. The average Bonchev–Trinajstić information content (AvgIpc) is 3.07. The van der Waals surface area contributed by atoms with Gasteiger partial charge in [-0.3, -0.25) is 4.98 Å². The molecule has 1 aliphatic rings. The van der Waals surface area contributed by atoms with Crippen LogP contribution in [0.15, 0.2) is 52.4 Å². The van der Waals surface area contributed by atoms with E-state index in [1.165, 1.54) is 23.9 Å². The second-order valence-electron chi connectivity index (χ2n) is 6.13. The van der Waals surface area contributed by atoms with E-state index in [2.05, 4.69) is 14.7 Å². The highest BCUT2D eigenvalue weighted by Gasteiger charge is 2.29. The third kappa shape index (κ3) is 4.95. The number of rotatable bonds is 6. The Balaban J connectivity index is 1.89. The zero-order chi connectivity index (χ0) is 19.7. The number of nitrogens with one attached hydrogen (secondary N) is 1.